The number of carbonyl (C=O) groups excluding carboxylic acids is 1. The van der Waals surface area contributed by atoms with E-state index in [1.54, 1.807) is 11.3 Å². The van der Waals surface area contributed by atoms with Crippen LogP contribution in [0.5, 0.6) is 0 Å². The van der Waals surface area contributed by atoms with Crippen LogP contribution in [0, 0.1) is 17.2 Å². The average molecular weight is 446 g/mol. The molecule has 4 nitrogen and oxygen atoms in total. The van der Waals surface area contributed by atoms with Gasteiger partial charge in [0, 0.05) is 4.88 Å². The Kier molecular flexibility index (Phi) is 6.45. The van der Waals surface area contributed by atoms with Crippen LogP contribution in [0.15, 0.2) is 60.7 Å². The molecule has 0 aliphatic heterocycles. The predicted octanol–water partition coefficient (Wildman–Crippen LogP) is 5.39. The lowest BCUT2D eigenvalue weighted by atomic mass is 9.89. The largest absolute Gasteiger partial charge is 0.323 e. The second kappa shape index (κ2) is 9.42. The zero-order chi connectivity index (χ0) is 21.8. The lowest BCUT2D eigenvalue weighted by molar-refractivity contribution is -0.120. The van der Waals surface area contributed by atoms with Crippen LogP contribution in [0.2, 0.25) is 0 Å². The van der Waals surface area contributed by atoms with Gasteiger partial charge in [0.15, 0.2) is 5.11 Å². The highest BCUT2D eigenvalue weighted by Gasteiger charge is 2.26. The number of nitrogens with zero attached hydrogens (tertiary/aromatic N) is 1. The molecule has 1 amide bonds. The first kappa shape index (κ1) is 21.2. The third-order valence-corrected chi connectivity index (χ3v) is 6.99. The summed E-state index contributed by atoms with van der Waals surface area (Å²) < 4.78 is 0. The van der Waals surface area contributed by atoms with E-state index in [-0.39, 0.29) is 11.0 Å². The number of carbonyl (C=O) groups is 1. The van der Waals surface area contributed by atoms with Crippen molar-refractivity contribution in [2.24, 2.45) is 5.92 Å². The maximum Gasteiger partial charge on any atom is 0.238 e. The second-order valence-electron chi connectivity index (χ2n) is 7.87. The van der Waals surface area contributed by atoms with Gasteiger partial charge < -0.3 is 10.6 Å². The molecule has 0 saturated carbocycles. The van der Waals surface area contributed by atoms with Crippen molar-refractivity contribution in [1.29, 1.82) is 5.26 Å². The van der Waals surface area contributed by atoms with E-state index in [1.165, 1.54) is 4.88 Å². The van der Waals surface area contributed by atoms with Crippen LogP contribution >= 0.6 is 23.6 Å². The second-order valence-corrected chi connectivity index (χ2v) is 9.38. The number of nitriles is 1. The van der Waals surface area contributed by atoms with Crippen molar-refractivity contribution in [1.82, 2.24) is 5.32 Å². The quantitative estimate of drug-likeness (QED) is 0.529. The lowest BCUT2D eigenvalue weighted by Crippen LogP contribution is -2.37. The van der Waals surface area contributed by atoms with Gasteiger partial charge in [0.1, 0.15) is 11.1 Å². The summed E-state index contributed by atoms with van der Waals surface area (Å²) in [6.07, 6.45) is 3.00. The van der Waals surface area contributed by atoms with Gasteiger partial charge in [-0.1, -0.05) is 67.6 Å². The first-order valence-corrected chi connectivity index (χ1v) is 11.6. The summed E-state index contributed by atoms with van der Waals surface area (Å²) in [7, 11) is 0. The van der Waals surface area contributed by atoms with E-state index in [4.69, 9.17) is 12.2 Å². The third kappa shape index (κ3) is 4.68. The molecule has 0 unspecified atom stereocenters. The van der Waals surface area contributed by atoms with E-state index >= 15 is 0 Å². The summed E-state index contributed by atoms with van der Waals surface area (Å²) in [5.74, 6) is -0.0620. The molecule has 1 heterocycles. The summed E-state index contributed by atoms with van der Waals surface area (Å²) in [6, 6.07) is 21.6. The molecular weight excluding hydrogens is 422 g/mol. The smallest absolute Gasteiger partial charge is 0.238 e. The zero-order valence-electron chi connectivity index (χ0n) is 17.2. The van der Waals surface area contributed by atoms with Gasteiger partial charge in [0.05, 0.1) is 11.5 Å². The van der Waals surface area contributed by atoms with Crippen LogP contribution < -0.4 is 10.6 Å². The van der Waals surface area contributed by atoms with Gasteiger partial charge in [-0.2, -0.15) is 5.26 Å². The fraction of sp³-hybridized carbons (Fsp3) is 0.240. The molecule has 1 aromatic heterocycles. The molecule has 3 aromatic rings. The first-order chi connectivity index (χ1) is 15.1. The predicted molar refractivity (Wildman–Crippen MR) is 129 cm³/mol. The molecule has 0 radical (unpaired) electrons. The number of amides is 1. The van der Waals surface area contributed by atoms with Gasteiger partial charge in [0.25, 0.3) is 0 Å². The zero-order valence-corrected chi connectivity index (χ0v) is 18.9. The van der Waals surface area contributed by atoms with Crippen LogP contribution in [0.1, 0.15) is 46.4 Å². The van der Waals surface area contributed by atoms with Crippen LogP contribution in [-0.2, 0) is 17.6 Å². The van der Waals surface area contributed by atoms with Crippen molar-refractivity contribution in [2.75, 3.05) is 5.32 Å². The molecule has 156 valence electrons. The van der Waals surface area contributed by atoms with Crippen molar-refractivity contribution in [2.45, 2.75) is 32.1 Å². The highest BCUT2D eigenvalue weighted by Crippen LogP contribution is 2.39. The van der Waals surface area contributed by atoms with E-state index in [0.29, 0.717) is 11.5 Å². The number of thiocarbonyl (C=S) groups is 1. The maximum atomic E-state index is 13.2. The van der Waals surface area contributed by atoms with E-state index in [1.807, 2.05) is 60.7 Å². The molecular formula is C25H23N3OS2. The topological polar surface area (TPSA) is 64.9 Å². The molecule has 6 heteroatoms. The molecule has 1 aliphatic rings. The molecule has 0 fully saturated rings. The summed E-state index contributed by atoms with van der Waals surface area (Å²) in [4.78, 5) is 14.5. The van der Waals surface area contributed by atoms with Crippen LogP contribution in [0.4, 0.5) is 5.00 Å². The van der Waals surface area contributed by atoms with Gasteiger partial charge in [0.2, 0.25) is 5.91 Å². The number of rotatable bonds is 4. The standard InChI is InChI=1S/C25H23N3OS2/c1-16-12-13-19-20(15-26)24(31-21(19)14-16)28-25(30)27-23(29)22(17-8-4-2-5-9-17)18-10-6-3-7-11-18/h2-11,16,22H,12-14H2,1H3,(H2,27,28,29,30)/t16-/m1/s1. The fourth-order valence-electron chi connectivity index (χ4n) is 4.06. The van der Waals surface area contributed by atoms with Crippen molar-refractivity contribution < 1.29 is 4.79 Å². The van der Waals surface area contributed by atoms with E-state index in [2.05, 4.69) is 23.6 Å². The Morgan fingerprint density at radius 1 is 1.13 bits per heavy atom. The first-order valence-electron chi connectivity index (χ1n) is 10.3. The average Bonchev–Trinajstić information content (AvgIpc) is 3.11. The molecule has 0 bridgehead atoms. The summed E-state index contributed by atoms with van der Waals surface area (Å²) in [6.45, 7) is 2.24. The summed E-state index contributed by atoms with van der Waals surface area (Å²) in [5, 5.41) is 16.6. The fourth-order valence-corrected chi connectivity index (χ4v) is 5.69. The minimum absolute atomic E-state index is 0.205. The Labute approximate surface area is 191 Å². The Morgan fingerprint density at radius 2 is 1.74 bits per heavy atom. The number of thiophene rings is 1. The number of benzene rings is 2. The Hall–Kier alpha value is -3.01. The van der Waals surface area contributed by atoms with Gasteiger partial charge in [-0.25, -0.2) is 0 Å². The van der Waals surface area contributed by atoms with Gasteiger partial charge in [-0.3, -0.25) is 4.79 Å². The molecule has 0 saturated heterocycles. The Bertz CT molecular complexity index is 1090. The van der Waals surface area contributed by atoms with Crippen molar-refractivity contribution in [3.05, 3.63) is 87.8 Å². The molecule has 4 rings (SSSR count). The van der Waals surface area contributed by atoms with Crippen molar-refractivity contribution >= 4 is 39.6 Å². The number of fused-ring (bicyclic) bond motifs is 1. The minimum atomic E-state index is -0.477. The third-order valence-electron chi connectivity index (χ3n) is 5.62. The number of anilines is 1. The lowest BCUT2D eigenvalue weighted by Gasteiger charge is -2.18. The minimum Gasteiger partial charge on any atom is -0.323 e. The monoisotopic (exact) mass is 445 g/mol. The summed E-state index contributed by atoms with van der Waals surface area (Å²) >= 11 is 7.03. The molecule has 2 aromatic carbocycles. The van der Waals surface area contributed by atoms with E-state index in [0.717, 1.165) is 41.0 Å². The van der Waals surface area contributed by atoms with E-state index < -0.39 is 5.92 Å². The van der Waals surface area contributed by atoms with Gasteiger partial charge in [-0.05, 0) is 54.1 Å². The summed E-state index contributed by atoms with van der Waals surface area (Å²) in [5.41, 5.74) is 3.58. The maximum absolute atomic E-state index is 13.2. The highest BCUT2D eigenvalue weighted by atomic mass is 32.1. The van der Waals surface area contributed by atoms with Gasteiger partial charge in [-0.15, -0.1) is 11.3 Å². The van der Waals surface area contributed by atoms with Crippen LogP contribution in [0.25, 0.3) is 0 Å². The van der Waals surface area contributed by atoms with Gasteiger partial charge >= 0.3 is 0 Å². The molecule has 1 aliphatic carbocycles. The normalized spacial score (nSPS) is 15.1. The number of hydrogen-bond donors (Lipinski definition) is 2. The van der Waals surface area contributed by atoms with Crippen molar-refractivity contribution in [3.8, 4) is 6.07 Å². The Morgan fingerprint density at radius 3 is 2.32 bits per heavy atom. The molecule has 2 N–H and O–H groups in total. The molecule has 0 spiro atoms. The molecule has 1 atom stereocenters. The number of hydrogen-bond acceptors (Lipinski definition) is 4. The molecule has 31 heavy (non-hydrogen) atoms. The SMILES string of the molecule is C[C@@H]1CCc2c(sc(NC(=S)NC(=O)C(c3ccccc3)c3ccccc3)c2C#N)C1. The number of nitrogens with one attached hydrogen (secondary N) is 2. The van der Waals surface area contributed by atoms with E-state index in [9.17, 15) is 10.1 Å². The van der Waals surface area contributed by atoms with Crippen molar-refractivity contribution in [3.63, 3.8) is 0 Å². The van der Waals surface area contributed by atoms with Crippen LogP contribution in [0.3, 0.4) is 0 Å². The van der Waals surface area contributed by atoms with Crippen LogP contribution in [-0.4, -0.2) is 11.0 Å². The highest BCUT2D eigenvalue weighted by molar-refractivity contribution is 7.80. The Balaban J connectivity index is 1.54.